The number of aromatic hydroxyl groups is 1. The van der Waals surface area contributed by atoms with E-state index in [0.717, 1.165) is 6.07 Å². The zero-order valence-corrected chi connectivity index (χ0v) is 11.7. The van der Waals surface area contributed by atoms with Crippen LogP contribution in [0.1, 0.15) is 0 Å². The van der Waals surface area contributed by atoms with E-state index < -0.39 is 15.5 Å². The number of phenols is 1. The fraction of sp³-hybridized carbons (Fsp3) is 0. The predicted molar refractivity (Wildman–Crippen MR) is 84.4 cm³/mol. The Morgan fingerprint density at radius 1 is 0.783 bits per heavy atom. The Labute approximate surface area is 129 Å². The summed E-state index contributed by atoms with van der Waals surface area (Å²) in [4.78, 5) is 21.3. The number of para-hydroxylation sites is 1. The van der Waals surface area contributed by atoms with Gasteiger partial charge in [-0.1, -0.05) is 36.4 Å². The number of benzene rings is 3. The lowest BCUT2D eigenvalue weighted by molar-refractivity contribution is -0.392. The van der Waals surface area contributed by atoms with E-state index in [4.69, 9.17) is 0 Å². The molecule has 0 aliphatic rings. The molecular weight excluding hydrogens is 300 g/mol. The largest absolute Gasteiger partial charge is 0.507 e. The number of rotatable bonds is 3. The summed E-state index contributed by atoms with van der Waals surface area (Å²) in [6, 6.07) is 13.5. The molecule has 3 aromatic rings. The van der Waals surface area contributed by atoms with Crippen LogP contribution in [0.25, 0.3) is 21.9 Å². The fourth-order valence-corrected chi connectivity index (χ4v) is 2.61. The number of nitro groups is 2. The van der Waals surface area contributed by atoms with Crippen molar-refractivity contribution in [3.8, 4) is 16.9 Å². The first-order valence-corrected chi connectivity index (χ1v) is 6.63. The minimum Gasteiger partial charge on any atom is -0.507 e. The summed E-state index contributed by atoms with van der Waals surface area (Å²) < 4.78 is 0. The third-order valence-electron chi connectivity index (χ3n) is 3.57. The lowest BCUT2D eigenvalue weighted by Crippen LogP contribution is -1.98. The third-order valence-corrected chi connectivity index (χ3v) is 3.57. The Balaban J connectivity index is 2.53. The van der Waals surface area contributed by atoms with Gasteiger partial charge in [0, 0.05) is 10.9 Å². The van der Waals surface area contributed by atoms with E-state index >= 15 is 0 Å². The number of nitrogens with zero attached hydrogens (tertiary/aromatic N) is 2. The Hall–Kier alpha value is -3.48. The van der Waals surface area contributed by atoms with Gasteiger partial charge >= 0.3 is 0 Å². The van der Waals surface area contributed by atoms with Crippen LogP contribution in [-0.4, -0.2) is 15.0 Å². The van der Waals surface area contributed by atoms with Crippen molar-refractivity contribution in [3.63, 3.8) is 0 Å². The highest BCUT2D eigenvalue weighted by molar-refractivity contribution is 6.06. The maximum absolute atomic E-state index is 11.4. The van der Waals surface area contributed by atoms with E-state index in [9.17, 15) is 25.3 Å². The van der Waals surface area contributed by atoms with E-state index in [2.05, 4.69) is 0 Å². The maximum atomic E-state index is 11.4. The van der Waals surface area contributed by atoms with Crippen molar-refractivity contribution in [2.45, 2.75) is 0 Å². The maximum Gasteiger partial charge on any atom is 0.284 e. The molecule has 0 aliphatic heterocycles. The van der Waals surface area contributed by atoms with Crippen LogP contribution in [0.5, 0.6) is 5.75 Å². The second-order valence-corrected chi connectivity index (χ2v) is 4.87. The molecule has 0 heterocycles. The minimum absolute atomic E-state index is 0.130. The van der Waals surface area contributed by atoms with E-state index in [1.54, 1.807) is 30.3 Å². The lowest BCUT2D eigenvalue weighted by Gasteiger charge is -2.10. The highest BCUT2D eigenvalue weighted by Gasteiger charge is 2.27. The van der Waals surface area contributed by atoms with Crippen LogP contribution in [0.15, 0.2) is 54.6 Å². The molecule has 0 unspecified atom stereocenters. The Morgan fingerprint density at radius 2 is 1.35 bits per heavy atom. The first-order chi connectivity index (χ1) is 11.0. The summed E-state index contributed by atoms with van der Waals surface area (Å²) in [5.41, 5.74) is -0.344. The zero-order chi connectivity index (χ0) is 16.6. The molecule has 0 atom stereocenters. The summed E-state index contributed by atoms with van der Waals surface area (Å²) in [7, 11) is 0. The third kappa shape index (κ3) is 2.34. The average molecular weight is 310 g/mol. The molecule has 0 saturated carbocycles. The second kappa shape index (κ2) is 5.38. The van der Waals surface area contributed by atoms with Gasteiger partial charge in [0.25, 0.3) is 11.4 Å². The molecule has 7 heteroatoms. The molecule has 0 fully saturated rings. The van der Waals surface area contributed by atoms with Gasteiger partial charge in [-0.05, 0) is 12.1 Å². The second-order valence-electron chi connectivity index (χ2n) is 4.87. The van der Waals surface area contributed by atoms with Crippen LogP contribution >= 0.6 is 0 Å². The van der Waals surface area contributed by atoms with Crippen molar-refractivity contribution >= 4 is 22.1 Å². The number of non-ortho nitro benzene ring substituents is 1. The van der Waals surface area contributed by atoms with E-state index in [0.29, 0.717) is 5.39 Å². The molecule has 0 amide bonds. The standard InChI is InChI=1S/C16H10N2O5/c19-15-8-4-3-7-12(15)16-11-6-2-1-5-10(11)13(17(20)21)9-14(16)18(22)23/h1-9,19H. The number of phenolic OH excluding ortho intramolecular Hbond substituents is 1. The number of hydrogen-bond donors (Lipinski definition) is 1. The smallest absolute Gasteiger partial charge is 0.284 e. The highest BCUT2D eigenvalue weighted by atomic mass is 16.6. The summed E-state index contributed by atoms with van der Waals surface area (Å²) in [5.74, 6) is -0.130. The molecule has 1 N–H and O–H groups in total. The Morgan fingerprint density at radius 3 is 1.96 bits per heavy atom. The molecule has 23 heavy (non-hydrogen) atoms. The quantitative estimate of drug-likeness (QED) is 0.580. The van der Waals surface area contributed by atoms with Gasteiger partial charge in [0.1, 0.15) is 5.75 Å². The summed E-state index contributed by atoms with van der Waals surface area (Å²) in [5, 5.41) is 33.3. The van der Waals surface area contributed by atoms with Crippen molar-refractivity contribution in [2.24, 2.45) is 0 Å². The Kier molecular flexibility index (Phi) is 3.38. The molecule has 0 aromatic heterocycles. The molecule has 0 aliphatic carbocycles. The van der Waals surface area contributed by atoms with Crippen molar-refractivity contribution in [1.82, 2.24) is 0 Å². The van der Waals surface area contributed by atoms with Gasteiger partial charge in [0.05, 0.1) is 26.9 Å². The monoisotopic (exact) mass is 310 g/mol. The first kappa shape index (κ1) is 14.5. The van der Waals surface area contributed by atoms with Gasteiger partial charge in [-0.25, -0.2) is 0 Å². The molecule has 0 saturated heterocycles. The van der Waals surface area contributed by atoms with Crippen molar-refractivity contribution in [2.75, 3.05) is 0 Å². The molecule has 0 spiro atoms. The van der Waals surface area contributed by atoms with E-state index in [-0.39, 0.29) is 28.0 Å². The molecule has 0 bridgehead atoms. The van der Waals surface area contributed by atoms with Gasteiger partial charge < -0.3 is 5.11 Å². The average Bonchev–Trinajstić information content (AvgIpc) is 2.53. The van der Waals surface area contributed by atoms with Crippen LogP contribution in [-0.2, 0) is 0 Å². The van der Waals surface area contributed by atoms with Crippen LogP contribution in [0.4, 0.5) is 11.4 Å². The summed E-state index contributed by atoms with van der Waals surface area (Å²) >= 11 is 0. The van der Waals surface area contributed by atoms with Gasteiger partial charge in [-0.15, -0.1) is 0 Å². The van der Waals surface area contributed by atoms with Crippen molar-refractivity contribution in [3.05, 3.63) is 74.8 Å². The molecule has 114 valence electrons. The van der Waals surface area contributed by atoms with E-state index in [1.807, 2.05) is 0 Å². The van der Waals surface area contributed by atoms with Crippen molar-refractivity contribution in [1.29, 1.82) is 0 Å². The molecule has 7 nitrogen and oxygen atoms in total. The minimum atomic E-state index is -0.679. The summed E-state index contributed by atoms with van der Waals surface area (Å²) in [6.45, 7) is 0. The van der Waals surface area contributed by atoms with Gasteiger partial charge in [-0.3, -0.25) is 20.2 Å². The zero-order valence-electron chi connectivity index (χ0n) is 11.7. The molecular formula is C16H10N2O5. The molecule has 0 radical (unpaired) electrons. The number of hydrogen-bond acceptors (Lipinski definition) is 5. The highest BCUT2D eigenvalue weighted by Crippen LogP contribution is 2.44. The normalized spacial score (nSPS) is 10.6. The van der Waals surface area contributed by atoms with Gasteiger partial charge in [0.2, 0.25) is 0 Å². The predicted octanol–water partition coefficient (Wildman–Crippen LogP) is 4.03. The van der Waals surface area contributed by atoms with Crippen LogP contribution < -0.4 is 0 Å². The lowest BCUT2D eigenvalue weighted by atomic mass is 9.94. The number of fused-ring (bicyclic) bond motifs is 1. The topological polar surface area (TPSA) is 107 Å². The first-order valence-electron chi connectivity index (χ1n) is 6.63. The van der Waals surface area contributed by atoms with Crippen molar-refractivity contribution < 1.29 is 15.0 Å². The van der Waals surface area contributed by atoms with Gasteiger partial charge in [0.15, 0.2) is 0 Å². The van der Waals surface area contributed by atoms with Crippen LogP contribution in [0.2, 0.25) is 0 Å². The Bertz CT molecular complexity index is 952. The molecule has 3 aromatic carbocycles. The SMILES string of the molecule is O=[N+]([O-])c1cc([N+](=O)[O-])c2ccccc2c1-c1ccccc1O. The molecule has 3 rings (SSSR count). The number of nitro benzene ring substituents is 2. The summed E-state index contributed by atoms with van der Waals surface area (Å²) in [6.07, 6.45) is 0. The van der Waals surface area contributed by atoms with E-state index in [1.165, 1.54) is 18.2 Å². The van der Waals surface area contributed by atoms with Crippen LogP contribution in [0.3, 0.4) is 0 Å². The van der Waals surface area contributed by atoms with Gasteiger partial charge in [-0.2, -0.15) is 0 Å². The van der Waals surface area contributed by atoms with Crippen LogP contribution in [0, 0.1) is 20.2 Å². The fourth-order valence-electron chi connectivity index (χ4n) is 2.61.